The van der Waals surface area contributed by atoms with Crippen molar-refractivity contribution in [2.45, 2.75) is 58.5 Å². The Morgan fingerprint density at radius 3 is 2.35 bits per heavy atom. The highest BCUT2D eigenvalue weighted by atomic mass is 16.8. The molecule has 9 heteroatoms. The molecule has 0 saturated carbocycles. The Balaban J connectivity index is 1.39. The lowest BCUT2D eigenvalue weighted by Gasteiger charge is -2.28. The SMILES string of the molecule is CN(C)c1ccc(CN(C/C(=C/c2ccc(C(=O)NOC3CCCCO3)cc2)COc2cccc3ccccc23)C(=O)OC(C)(C)C)cc1. The van der Waals surface area contributed by atoms with Crippen molar-refractivity contribution in [3.8, 4) is 5.75 Å². The van der Waals surface area contributed by atoms with E-state index in [1.165, 1.54) is 0 Å². The molecule has 1 heterocycles. The summed E-state index contributed by atoms with van der Waals surface area (Å²) in [5.74, 6) is 0.404. The molecule has 1 aliphatic rings. The average molecular weight is 666 g/mol. The molecule has 1 saturated heterocycles. The molecule has 9 nitrogen and oxygen atoms in total. The van der Waals surface area contributed by atoms with Gasteiger partial charge in [-0.05, 0) is 86.0 Å². The zero-order valence-corrected chi connectivity index (χ0v) is 29.1. The van der Waals surface area contributed by atoms with Gasteiger partial charge in [-0.3, -0.25) is 9.69 Å². The number of carbonyl (C=O) groups is 2. The number of hydrogen-bond donors (Lipinski definition) is 1. The Morgan fingerprint density at radius 1 is 0.918 bits per heavy atom. The van der Waals surface area contributed by atoms with Gasteiger partial charge in [0.2, 0.25) is 0 Å². The number of hydrogen-bond acceptors (Lipinski definition) is 7. The molecule has 2 amide bonds. The summed E-state index contributed by atoms with van der Waals surface area (Å²) in [4.78, 5) is 35.6. The van der Waals surface area contributed by atoms with Gasteiger partial charge in [0, 0.05) is 56.8 Å². The summed E-state index contributed by atoms with van der Waals surface area (Å²) in [5.41, 5.74) is 6.04. The van der Waals surface area contributed by atoms with Crippen LogP contribution in [-0.2, 0) is 20.9 Å². The number of benzene rings is 4. The molecule has 1 fully saturated rings. The number of nitrogens with one attached hydrogen (secondary N) is 1. The van der Waals surface area contributed by atoms with Crippen LogP contribution in [-0.4, -0.2) is 62.6 Å². The minimum absolute atomic E-state index is 0.227. The van der Waals surface area contributed by atoms with Crippen LogP contribution < -0.4 is 15.1 Å². The summed E-state index contributed by atoms with van der Waals surface area (Å²) in [6, 6.07) is 29.4. The van der Waals surface area contributed by atoms with Gasteiger partial charge >= 0.3 is 6.09 Å². The number of anilines is 1. The number of nitrogens with zero attached hydrogens (tertiary/aromatic N) is 2. The van der Waals surface area contributed by atoms with Gasteiger partial charge in [-0.1, -0.05) is 66.7 Å². The zero-order chi connectivity index (χ0) is 34.8. The van der Waals surface area contributed by atoms with E-state index in [1.807, 2.05) is 113 Å². The molecule has 0 radical (unpaired) electrons. The molecule has 0 aromatic heterocycles. The number of fused-ring (bicyclic) bond motifs is 1. The molecule has 1 unspecified atom stereocenters. The molecule has 1 N–H and O–H groups in total. The molecule has 258 valence electrons. The van der Waals surface area contributed by atoms with Gasteiger partial charge in [0.1, 0.15) is 18.0 Å². The van der Waals surface area contributed by atoms with E-state index in [0.29, 0.717) is 18.7 Å². The van der Waals surface area contributed by atoms with E-state index in [9.17, 15) is 9.59 Å². The molecular weight excluding hydrogens is 618 g/mol. The largest absolute Gasteiger partial charge is 0.489 e. The second-order valence-corrected chi connectivity index (χ2v) is 13.4. The fourth-order valence-electron chi connectivity index (χ4n) is 5.45. The van der Waals surface area contributed by atoms with Crippen molar-refractivity contribution in [3.05, 3.63) is 113 Å². The minimum atomic E-state index is -0.670. The van der Waals surface area contributed by atoms with Crippen molar-refractivity contribution in [3.63, 3.8) is 0 Å². The molecule has 4 aromatic carbocycles. The summed E-state index contributed by atoms with van der Waals surface area (Å²) in [7, 11) is 3.99. The number of carbonyl (C=O) groups excluding carboxylic acids is 2. The number of rotatable bonds is 12. The van der Waals surface area contributed by atoms with Crippen molar-refractivity contribution in [2.24, 2.45) is 0 Å². The Kier molecular flexibility index (Phi) is 11.9. The van der Waals surface area contributed by atoms with Crippen LogP contribution in [0.25, 0.3) is 16.8 Å². The van der Waals surface area contributed by atoms with Gasteiger partial charge in [0.25, 0.3) is 5.91 Å². The van der Waals surface area contributed by atoms with Gasteiger partial charge in [0.05, 0.1) is 0 Å². The third kappa shape index (κ3) is 10.6. The van der Waals surface area contributed by atoms with E-state index in [4.69, 9.17) is 19.0 Å². The molecule has 0 bridgehead atoms. The van der Waals surface area contributed by atoms with Crippen molar-refractivity contribution in [1.82, 2.24) is 10.4 Å². The maximum atomic E-state index is 13.6. The van der Waals surface area contributed by atoms with E-state index in [2.05, 4.69) is 17.6 Å². The number of hydroxylamine groups is 1. The van der Waals surface area contributed by atoms with Crippen LogP contribution in [0.4, 0.5) is 10.5 Å². The van der Waals surface area contributed by atoms with Crippen LogP contribution in [0, 0.1) is 0 Å². The molecule has 0 spiro atoms. The van der Waals surface area contributed by atoms with Crippen LogP contribution in [0.15, 0.2) is 96.6 Å². The van der Waals surface area contributed by atoms with Crippen LogP contribution in [0.1, 0.15) is 61.5 Å². The summed E-state index contributed by atoms with van der Waals surface area (Å²) < 4.78 is 17.8. The molecule has 0 aliphatic carbocycles. The molecule has 1 atom stereocenters. The average Bonchev–Trinajstić information content (AvgIpc) is 3.09. The van der Waals surface area contributed by atoms with Crippen LogP contribution in [0.2, 0.25) is 0 Å². The fourth-order valence-corrected chi connectivity index (χ4v) is 5.45. The Hall–Kier alpha value is -4.86. The quantitative estimate of drug-likeness (QED) is 0.154. The first-order valence-corrected chi connectivity index (χ1v) is 16.8. The minimum Gasteiger partial charge on any atom is -0.489 e. The van der Waals surface area contributed by atoms with Crippen molar-refractivity contribution >= 4 is 34.5 Å². The molecule has 49 heavy (non-hydrogen) atoms. The summed E-state index contributed by atoms with van der Waals surface area (Å²) in [5, 5.41) is 2.08. The van der Waals surface area contributed by atoms with Crippen molar-refractivity contribution in [1.29, 1.82) is 0 Å². The van der Waals surface area contributed by atoms with E-state index >= 15 is 0 Å². The van der Waals surface area contributed by atoms with Crippen molar-refractivity contribution in [2.75, 3.05) is 38.8 Å². The summed E-state index contributed by atoms with van der Waals surface area (Å²) in [6.07, 6.45) is 3.89. The predicted molar refractivity (Wildman–Crippen MR) is 193 cm³/mol. The predicted octanol–water partition coefficient (Wildman–Crippen LogP) is 7.99. The second kappa shape index (κ2) is 16.5. The molecule has 5 rings (SSSR count). The number of ether oxygens (including phenoxy) is 3. The van der Waals surface area contributed by atoms with Crippen molar-refractivity contribution < 1.29 is 28.6 Å². The maximum Gasteiger partial charge on any atom is 0.410 e. The third-order valence-electron chi connectivity index (χ3n) is 8.00. The smallest absolute Gasteiger partial charge is 0.410 e. The summed E-state index contributed by atoms with van der Waals surface area (Å²) >= 11 is 0. The van der Waals surface area contributed by atoms with E-state index in [0.717, 1.165) is 58.2 Å². The Bertz CT molecular complexity index is 1720. The first-order valence-electron chi connectivity index (χ1n) is 16.8. The lowest BCUT2D eigenvalue weighted by molar-refractivity contribution is -0.186. The van der Waals surface area contributed by atoms with Gasteiger partial charge in [0.15, 0.2) is 6.29 Å². The topological polar surface area (TPSA) is 89.6 Å². The highest BCUT2D eigenvalue weighted by Crippen LogP contribution is 2.26. The molecule has 1 aliphatic heterocycles. The van der Waals surface area contributed by atoms with E-state index < -0.39 is 18.0 Å². The highest BCUT2D eigenvalue weighted by molar-refractivity contribution is 5.93. The maximum absolute atomic E-state index is 13.6. The molecule has 4 aromatic rings. The lowest BCUT2D eigenvalue weighted by atomic mass is 10.1. The Morgan fingerprint density at radius 2 is 1.65 bits per heavy atom. The zero-order valence-electron chi connectivity index (χ0n) is 29.1. The standard InChI is InChI=1S/C40H47N3O6/c1-40(2,3)48-39(45)43(26-30-18-22-34(23-19-30)42(4)5)27-31(28-47-36-14-10-12-32-11-6-7-13-35(32)36)25-29-16-20-33(21-17-29)38(44)41-49-37-15-8-9-24-46-37/h6-7,10-14,16-23,25,37H,8-9,15,24,26-28H2,1-5H3,(H,41,44)/b31-25-. The van der Waals surface area contributed by atoms with Crippen LogP contribution in [0.3, 0.4) is 0 Å². The molecular formula is C40H47N3O6. The highest BCUT2D eigenvalue weighted by Gasteiger charge is 2.24. The van der Waals surface area contributed by atoms with Crippen LogP contribution >= 0.6 is 0 Å². The van der Waals surface area contributed by atoms with Gasteiger partial charge in [-0.25, -0.2) is 15.1 Å². The van der Waals surface area contributed by atoms with Crippen LogP contribution in [0.5, 0.6) is 5.75 Å². The first-order chi connectivity index (χ1) is 23.5. The summed E-state index contributed by atoms with van der Waals surface area (Å²) in [6.45, 7) is 7.04. The third-order valence-corrected chi connectivity index (χ3v) is 8.00. The fraction of sp³-hybridized carbons (Fsp3) is 0.350. The second-order valence-electron chi connectivity index (χ2n) is 13.4. The van der Waals surface area contributed by atoms with E-state index in [-0.39, 0.29) is 19.1 Å². The van der Waals surface area contributed by atoms with Gasteiger partial charge in [-0.2, -0.15) is 0 Å². The van der Waals surface area contributed by atoms with Gasteiger partial charge in [-0.15, -0.1) is 0 Å². The number of amides is 2. The first kappa shape index (κ1) is 35.4. The van der Waals surface area contributed by atoms with Gasteiger partial charge < -0.3 is 19.1 Å². The monoisotopic (exact) mass is 665 g/mol. The Labute approximate surface area is 289 Å². The van der Waals surface area contributed by atoms with E-state index in [1.54, 1.807) is 17.0 Å². The lowest BCUT2D eigenvalue weighted by Crippen LogP contribution is -2.38. The normalized spacial score (nSPS) is 15.0.